The van der Waals surface area contributed by atoms with Gasteiger partial charge in [-0.15, -0.1) is 0 Å². The van der Waals surface area contributed by atoms with Gasteiger partial charge in [-0.05, 0) is 30.5 Å². The van der Waals surface area contributed by atoms with Crippen molar-refractivity contribution in [1.29, 1.82) is 0 Å². The molecule has 2 unspecified atom stereocenters. The van der Waals surface area contributed by atoms with Crippen molar-refractivity contribution in [3.63, 3.8) is 0 Å². The molecule has 1 aliphatic carbocycles. The quantitative estimate of drug-likeness (QED) is 0.906. The van der Waals surface area contributed by atoms with Gasteiger partial charge in [0.1, 0.15) is 0 Å². The summed E-state index contributed by atoms with van der Waals surface area (Å²) in [4.78, 5) is 4.73. The Morgan fingerprint density at radius 1 is 1.25 bits per heavy atom. The molecule has 1 saturated carbocycles. The highest BCUT2D eigenvalue weighted by molar-refractivity contribution is 5.46. The first-order valence-electron chi connectivity index (χ1n) is 7.55. The van der Waals surface area contributed by atoms with Crippen molar-refractivity contribution in [2.45, 2.75) is 31.0 Å². The second-order valence-electron chi connectivity index (χ2n) is 6.04. The largest absolute Gasteiger partial charge is 0.378 e. The zero-order chi connectivity index (χ0) is 14.1. The van der Waals surface area contributed by atoms with Gasteiger partial charge in [0.2, 0.25) is 0 Å². The molecule has 0 amide bonds. The van der Waals surface area contributed by atoms with E-state index < -0.39 is 0 Å². The maximum Gasteiger partial charge on any atom is 0.0894 e. The Hall–Kier alpha value is -1.10. The first-order valence-corrected chi connectivity index (χ1v) is 7.55. The molecule has 0 spiro atoms. The molecule has 1 aromatic carbocycles. The fraction of sp³-hybridized carbons (Fsp3) is 0.625. The van der Waals surface area contributed by atoms with Crippen LogP contribution in [0.5, 0.6) is 0 Å². The van der Waals surface area contributed by atoms with E-state index in [1.54, 1.807) is 0 Å². The Morgan fingerprint density at radius 2 is 1.95 bits per heavy atom. The van der Waals surface area contributed by atoms with E-state index in [2.05, 4.69) is 48.2 Å². The van der Waals surface area contributed by atoms with Gasteiger partial charge in [0.05, 0.1) is 18.8 Å². The second-order valence-corrected chi connectivity index (χ2v) is 6.04. The summed E-state index contributed by atoms with van der Waals surface area (Å²) in [7, 11) is 4.13. The van der Waals surface area contributed by atoms with Crippen LogP contribution in [0.4, 0.5) is 5.69 Å². The second kappa shape index (κ2) is 5.72. The molecule has 1 aliphatic heterocycles. The lowest BCUT2D eigenvalue weighted by atomic mass is 9.97. The fourth-order valence-electron chi connectivity index (χ4n) is 3.14. The van der Waals surface area contributed by atoms with E-state index in [9.17, 15) is 0 Å². The number of morpholine rings is 1. The van der Waals surface area contributed by atoms with Gasteiger partial charge in [-0.2, -0.15) is 0 Å². The molecule has 0 bridgehead atoms. The molecule has 1 aromatic rings. The molecule has 2 atom stereocenters. The summed E-state index contributed by atoms with van der Waals surface area (Å²) in [5.41, 5.74) is 8.49. The average molecular weight is 275 g/mol. The monoisotopic (exact) mass is 275 g/mol. The van der Waals surface area contributed by atoms with Crippen molar-refractivity contribution >= 4 is 5.69 Å². The minimum atomic E-state index is 0.120. The lowest BCUT2D eigenvalue weighted by molar-refractivity contribution is -0.0712. The van der Waals surface area contributed by atoms with Crippen LogP contribution < -0.4 is 10.6 Å². The van der Waals surface area contributed by atoms with E-state index in [0.29, 0.717) is 12.6 Å². The van der Waals surface area contributed by atoms with E-state index in [1.807, 2.05) is 0 Å². The van der Waals surface area contributed by atoms with Gasteiger partial charge in [0.15, 0.2) is 0 Å². The van der Waals surface area contributed by atoms with E-state index in [4.69, 9.17) is 10.5 Å². The van der Waals surface area contributed by atoms with Crippen LogP contribution in [0.2, 0.25) is 0 Å². The van der Waals surface area contributed by atoms with Gasteiger partial charge in [-0.1, -0.05) is 12.1 Å². The molecule has 2 N–H and O–H groups in total. The number of nitrogens with two attached hydrogens (primary N) is 1. The molecule has 3 rings (SSSR count). The number of ether oxygens (including phenoxy) is 1. The van der Waals surface area contributed by atoms with Crippen LogP contribution in [0.15, 0.2) is 24.3 Å². The predicted octanol–water partition coefficient (Wildman–Crippen LogP) is 1.62. The Labute approximate surface area is 121 Å². The summed E-state index contributed by atoms with van der Waals surface area (Å²) >= 11 is 0. The highest BCUT2D eigenvalue weighted by Crippen LogP contribution is 2.38. The topological polar surface area (TPSA) is 41.7 Å². The maximum absolute atomic E-state index is 5.93. The van der Waals surface area contributed by atoms with E-state index >= 15 is 0 Å². The third-order valence-corrected chi connectivity index (χ3v) is 4.39. The van der Waals surface area contributed by atoms with Crippen LogP contribution in [0.1, 0.15) is 24.4 Å². The minimum absolute atomic E-state index is 0.120. The zero-order valence-corrected chi connectivity index (χ0v) is 12.5. The first-order chi connectivity index (χ1) is 9.70. The molecule has 110 valence electrons. The highest BCUT2D eigenvalue weighted by Gasteiger charge is 2.40. The Kier molecular flexibility index (Phi) is 3.96. The van der Waals surface area contributed by atoms with Gasteiger partial charge in [-0.3, -0.25) is 4.90 Å². The minimum Gasteiger partial charge on any atom is -0.378 e. The van der Waals surface area contributed by atoms with E-state index in [-0.39, 0.29) is 6.10 Å². The molecular formula is C16H25N3O. The SMILES string of the molecule is CN(C)c1ccc(C2C(CN)OCCN2C2CC2)cc1. The lowest BCUT2D eigenvalue weighted by Gasteiger charge is -2.41. The number of benzene rings is 1. The standard InChI is InChI=1S/C16H25N3O/c1-18(2)13-5-3-12(4-6-13)16-15(11-17)20-10-9-19(16)14-7-8-14/h3-6,14-16H,7-11,17H2,1-2H3. The van der Waals surface area contributed by atoms with Crippen molar-refractivity contribution in [2.24, 2.45) is 5.73 Å². The summed E-state index contributed by atoms with van der Waals surface area (Å²) in [6.07, 6.45) is 2.77. The van der Waals surface area contributed by atoms with Crippen LogP contribution >= 0.6 is 0 Å². The van der Waals surface area contributed by atoms with Crippen molar-refractivity contribution in [2.75, 3.05) is 38.7 Å². The van der Waals surface area contributed by atoms with Gasteiger partial charge in [0.25, 0.3) is 0 Å². The summed E-state index contributed by atoms with van der Waals surface area (Å²) in [5.74, 6) is 0. The molecule has 20 heavy (non-hydrogen) atoms. The molecule has 0 aromatic heterocycles. The molecule has 0 radical (unpaired) electrons. The number of hydrogen-bond donors (Lipinski definition) is 1. The van der Waals surface area contributed by atoms with Crippen LogP contribution in [-0.2, 0) is 4.74 Å². The molecule has 1 heterocycles. The summed E-state index contributed by atoms with van der Waals surface area (Å²) < 4.78 is 5.90. The van der Waals surface area contributed by atoms with Gasteiger partial charge < -0.3 is 15.4 Å². The maximum atomic E-state index is 5.93. The third kappa shape index (κ3) is 2.68. The van der Waals surface area contributed by atoms with Crippen molar-refractivity contribution in [1.82, 2.24) is 4.90 Å². The molecular weight excluding hydrogens is 250 g/mol. The van der Waals surface area contributed by atoms with E-state index in [0.717, 1.165) is 19.2 Å². The Morgan fingerprint density at radius 3 is 2.50 bits per heavy atom. The molecule has 1 saturated heterocycles. The smallest absolute Gasteiger partial charge is 0.0894 e. The highest BCUT2D eigenvalue weighted by atomic mass is 16.5. The third-order valence-electron chi connectivity index (χ3n) is 4.39. The number of anilines is 1. The molecule has 4 nitrogen and oxygen atoms in total. The summed E-state index contributed by atoms with van der Waals surface area (Å²) in [6.45, 7) is 2.43. The van der Waals surface area contributed by atoms with Crippen LogP contribution in [0, 0.1) is 0 Å². The van der Waals surface area contributed by atoms with Crippen LogP contribution in [0.25, 0.3) is 0 Å². The van der Waals surface area contributed by atoms with Crippen molar-refractivity contribution < 1.29 is 4.74 Å². The first kappa shape index (κ1) is 13.9. The van der Waals surface area contributed by atoms with Gasteiger partial charge in [-0.25, -0.2) is 0 Å². The summed E-state index contributed by atoms with van der Waals surface area (Å²) in [5, 5.41) is 0. The van der Waals surface area contributed by atoms with Crippen LogP contribution in [-0.4, -0.2) is 50.8 Å². The number of hydrogen-bond acceptors (Lipinski definition) is 4. The predicted molar refractivity (Wildman–Crippen MR) is 82.0 cm³/mol. The van der Waals surface area contributed by atoms with Gasteiger partial charge in [0, 0.05) is 38.9 Å². The fourth-order valence-corrected chi connectivity index (χ4v) is 3.14. The summed E-state index contributed by atoms with van der Waals surface area (Å²) in [6, 6.07) is 9.88. The van der Waals surface area contributed by atoms with Gasteiger partial charge >= 0.3 is 0 Å². The molecule has 2 aliphatic rings. The normalized spacial score (nSPS) is 27.6. The van der Waals surface area contributed by atoms with Crippen molar-refractivity contribution in [3.05, 3.63) is 29.8 Å². The lowest BCUT2D eigenvalue weighted by Crippen LogP contribution is -2.49. The number of rotatable bonds is 4. The zero-order valence-electron chi connectivity index (χ0n) is 12.5. The van der Waals surface area contributed by atoms with E-state index in [1.165, 1.54) is 24.1 Å². The average Bonchev–Trinajstić information content (AvgIpc) is 3.31. The number of nitrogens with zero attached hydrogens (tertiary/aromatic N) is 2. The Bertz CT molecular complexity index is 442. The van der Waals surface area contributed by atoms with Crippen molar-refractivity contribution in [3.8, 4) is 0 Å². The van der Waals surface area contributed by atoms with Crippen LogP contribution in [0.3, 0.4) is 0 Å². The Balaban J connectivity index is 1.86. The molecule has 2 fully saturated rings. The molecule has 4 heteroatoms.